The molecule has 0 spiro atoms. The van der Waals surface area contributed by atoms with Crippen LogP contribution in [0.5, 0.6) is 5.75 Å². The van der Waals surface area contributed by atoms with Gasteiger partial charge in [0.25, 0.3) is 5.91 Å². The van der Waals surface area contributed by atoms with Gasteiger partial charge in [-0.15, -0.1) is 0 Å². The Morgan fingerprint density at radius 2 is 1.69 bits per heavy atom. The van der Waals surface area contributed by atoms with Gasteiger partial charge in [0.1, 0.15) is 18.0 Å². The van der Waals surface area contributed by atoms with E-state index in [9.17, 15) is 9.59 Å². The fourth-order valence-corrected chi connectivity index (χ4v) is 5.37. The molecule has 3 aromatic carbocycles. The molecule has 0 aromatic heterocycles. The van der Waals surface area contributed by atoms with Crippen LogP contribution in [0.2, 0.25) is 0 Å². The smallest absolute Gasteiger partial charge is 0.410 e. The van der Waals surface area contributed by atoms with Crippen molar-refractivity contribution >= 4 is 17.6 Å². The third-order valence-electron chi connectivity index (χ3n) is 7.99. The van der Waals surface area contributed by atoms with E-state index in [-0.39, 0.29) is 24.6 Å². The van der Waals surface area contributed by atoms with Gasteiger partial charge >= 0.3 is 6.09 Å². The number of hydrogen-bond acceptors (Lipinski definition) is 4. The predicted molar refractivity (Wildman–Crippen MR) is 166 cm³/mol. The maximum atomic E-state index is 14.5. The summed E-state index contributed by atoms with van der Waals surface area (Å²) < 4.78 is 11.8. The third kappa shape index (κ3) is 7.22. The van der Waals surface area contributed by atoms with Gasteiger partial charge < -0.3 is 19.3 Å². The van der Waals surface area contributed by atoms with Crippen LogP contribution < -0.4 is 4.74 Å². The van der Waals surface area contributed by atoms with Gasteiger partial charge in [0, 0.05) is 24.7 Å². The third-order valence-corrected chi connectivity index (χ3v) is 7.99. The summed E-state index contributed by atoms with van der Waals surface area (Å²) in [4.78, 5) is 31.3. The fourth-order valence-electron chi connectivity index (χ4n) is 5.37. The molecule has 5 rings (SSSR count). The number of ether oxygens (including phenoxy) is 2. The molecule has 1 aliphatic heterocycles. The van der Waals surface area contributed by atoms with Crippen LogP contribution in [0.15, 0.2) is 78.4 Å². The average molecular weight is 567 g/mol. The van der Waals surface area contributed by atoms with E-state index in [4.69, 9.17) is 9.47 Å². The maximum Gasteiger partial charge on any atom is 0.410 e. The molecule has 1 fully saturated rings. The fraction of sp³-hybridized carbons (Fsp3) is 0.389. The highest BCUT2D eigenvalue weighted by molar-refractivity contribution is 6.03. The van der Waals surface area contributed by atoms with E-state index < -0.39 is 5.60 Å². The first-order valence-corrected chi connectivity index (χ1v) is 14.9. The minimum absolute atomic E-state index is 0.00253. The van der Waals surface area contributed by atoms with Crippen molar-refractivity contribution in [3.63, 3.8) is 0 Å². The van der Waals surface area contributed by atoms with Crippen LogP contribution in [0, 0.1) is 13.8 Å². The van der Waals surface area contributed by atoms with Crippen LogP contribution >= 0.6 is 0 Å². The molecule has 42 heavy (non-hydrogen) atoms. The molecule has 0 bridgehead atoms. The van der Waals surface area contributed by atoms with Crippen molar-refractivity contribution in [1.82, 2.24) is 9.80 Å². The number of carbonyl (C=O) groups excluding carboxylic acids is 2. The van der Waals surface area contributed by atoms with Gasteiger partial charge in [-0.3, -0.25) is 4.79 Å². The van der Waals surface area contributed by atoms with E-state index >= 15 is 0 Å². The second-order valence-electron chi connectivity index (χ2n) is 12.4. The van der Waals surface area contributed by atoms with E-state index in [0.717, 1.165) is 40.9 Å². The van der Waals surface area contributed by atoms with Gasteiger partial charge in [-0.25, -0.2) is 4.79 Å². The molecule has 0 atom stereocenters. The number of aryl methyl sites for hydroxylation is 1. The lowest BCUT2D eigenvalue weighted by molar-refractivity contribution is -0.128. The topological polar surface area (TPSA) is 59.1 Å². The summed E-state index contributed by atoms with van der Waals surface area (Å²) in [5.74, 6) is 0.747. The first-order valence-electron chi connectivity index (χ1n) is 14.9. The monoisotopic (exact) mass is 566 g/mol. The van der Waals surface area contributed by atoms with Gasteiger partial charge in [0.05, 0.1) is 6.54 Å². The number of hydrogen-bond donors (Lipinski definition) is 0. The molecule has 2 amide bonds. The molecule has 1 heterocycles. The summed E-state index contributed by atoms with van der Waals surface area (Å²) in [5, 5.41) is 0. The van der Waals surface area contributed by atoms with E-state index in [1.807, 2.05) is 80.3 Å². The minimum Gasteiger partial charge on any atom is -0.489 e. The second kappa shape index (κ2) is 12.4. The molecule has 0 unspecified atom stereocenters. The summed E-state index contributed by atoms with van der Waals surface area (Å²) in [6, 6.07) is 24.5. The Bertz CT molecular complexity index is 1470. The molecular formula is C36H42N2O4. The zero-order valence-corrected chi connectivity index (χ0v) is 25.5. The zero-order chi connectivity index (χ0) is 29.9. The first-order chi connectivity index (χ1) is 20.1. The molecule has 2 aliphatic rings. The van der Waals surface area contributed by atoms with Crippen molar-refractivity contribution in [1.29, 1.82) is 0 Å². The van der Waals surface area contributed by atoms with Crippen molar-refractivity contribution in [3.8, 4) is 5.75 Å². The summed E-state index contributed by atoms with van der Waals surface area (Å²) in [7, 11) is 0. The first kappa shape index (κ1) is 29.4. The number of amides is 2. The van der Waals surface area contributed by atoms with Crippen LogP contribution in [-0.2, 0) is 22.7 Å². The number of carbonyl (C=O) groups is 2. The second-order valence-corrected chi connectivity index (χ2v) is 12.4. The van der Waals surface area contributed by atoms with E-state index in [0.29, 0.717) is 31.7 Å². The highest BCUT2D eigenvalue weighted by Crippen LogP contribution is 2.36. The van der Waals surface area contributed by atoms with Gasteiger partial charge in [0.15, 0.2) is 0 Å². The lowest BCUT2D eigenvalue weighted by Crippen LogP contribution is -2.44. The Labute approximate surface area is 249 Å². The largest absolute Gasteiger partial charge is 0.489 e. The molecule has 220 valence electrons. The summed E-state index contributed by atoms with van der Waals surface area (Å²) >= 11 is 0. The van der Waals surface area contributed by atoms with E-state index in [1.54, 1.807) is 4.90 Å². The van der Waals surface area contributed by atoms with Crippen LogP contribution in [-0.4, -0.2) is 46.5 Å². The van der Waals surface area contributed by atoms with E-state index in [1.165, 1.54) is 11.1 Å². The van der Waals surface area contributed by atoms with Crippen molar-refractivity contribution in [2.75, 3.05) is 13.1 Å². The van der Waals surface area contributed by atoms with E-state index in [2.05, 4.69) is 32.0 Å². The predicted octanol–water partition coefficient (Wildman–Crippen LogP) is 7.47. The molecule has 0 saturated heterocycles. The number of nitrogens with zero attached hydrogens (tertiary/aromatic N) is 2. The Kier molecular flexibility index (Phi) is 8.72. The minimum atomic E-state index is -0.613. The number of benzene rings is 3. The van der Waals surface area contributed by atoms with Gasteiger partial charge in [0.2, 0.25) is 0 Å². The van der Waals surface area contributed by atoms with Gasteiger partial charge in [-0.2, -0.15) is 0 Å². The quantitative estimate of drug-likeness (QED) is 0.284. The van der Waals surface area contributed by atoms with Crippen LogP contribution in [0.4, 0.5) is 4.79 Å². The van der Waals surface area contributed by atoms with Crippen LogP contribution in [0.3, 0.4) is 0 Å². The highest BCUT2D eigenvalue weighted by Gasteiger charge is 2.38. The summed E-state index contributed by atoms with van der Waals surface area (Å²) in [5.41, 5.74) is 6.66. The lowest BCUT2D eigenvalue weighted by atomic mass is 9.92. The summed E-state index contributed by atoms with van der Waals surface area (Å²) in [6.45, 7) is 11.5. The lowest BCUT2D eigenvalue weighted by Gasteiger charge is -2.34. The molecule has 6 nitrogen and oxygen atoms in total. The molecular weight excluding hydrogens is 524 g/mol. The normalized spacial score (nSPS) is 15.4. The molecule has 0 radical (unpaired) electrons. The van der Waals surface area contributed by atoms with Gasteiger partial charge in [-0.05, 0) is 99.4 Å². The van der Waals surface area contributed by atoms with Crippen molar-refractivity contribution < 1.29 is 19.1 Å². The Hall–Kier alpha value is -4.06. The van der Waals surface area contributed by atoms with Crippen LogP contribution in [0.1, 0.15) is 67.9 Å². The summed E-state index contributed by atoms with van der Waals surface area (Å²) in [6.07, 6.45) is 2.17. The average Bonchev–Trinajstić information content (AvgIpc) is 3.81. The number of rotatable bonds is 8. The highest BCUT2D eigenvalue weighted by atomic mass is 16.6. The maximum absolute atomic E-state index is 14.5. The Balaban J connectivity index is 1.47. The molecule has 1 saturated carbocycles. The Morgan fingerprint density at radius 1 is 0.952 bits per heavy atom. The standard InChI is InChI=1S/C36H42N2O4/c1-25-11-9-15-29(26(25)2)22-38(30-17-18-30)34(39)33-23-37(35(40)42-36(3,4)5)20-19-32(33)28-14-10-16-31(21-28)41-24-27-12-7-6-8-13-27/h6-16,21,30H,17-20,22-24H2,1-5H3. The van der Waals surface area contributed by atoms with Crippen molar-refractivity contribution in [2.45, 2.75) is 78.7 Å². The SMILES string of the molecule is Cc1cccc(CN(C(=O)C2=C(c3cccc(OCc4ccccc4)c3)CCN(C(=O)OC(C)(C)C)C2)C2CC2)c1C. The van der Waals surface area contributed by atoms with Crippen molar-refractivity contribution in [2.24, 2.45) is 0 Å². The molecule has 1 aliphatic carbocycles. The van der Waals surface area contributed by atoms with Gasteiger partial charge in [-0.1, -0.05) is 60.7 Å². The van der Waals surface area contributed by atoms with Crippen LogP contribution in [0.25, 0.3) is 5.57 Å². The molecule has 6 heteroatoms. The molecule has 3 aromatic rings. The van der Waals surface area contributed by atoms with Crippen molar-refractivity contribution in [3.05, 3.63) is 106 Å². The Morgan fingerprint density at radius 3 is 2.40 bits per heavy atom. The molecule has 0 N–H and O–H groups in total. The zero-order valence-electron chi connectivity index (χ0n) is 25.5.